The Bertz CT molecular complexity index is 571. The van der Waals surface area contributed by atoms with Crippen LogP contribution in [0, 0.1) is 0 Å². The van der Waals surface area contributed by atoms with Crippen molar-refractivity contribution < 1.29 is 0 Å². The van der Waals surface area contributed by atoms with Gasteiger partial charge in [0.25, 0.3) is 0 Å². The van der Waals surface area contributed by atoms with E-state index in [0.717, 1.165) is 18.5 Å². The van der Waals surface area contributed by atoms with Gasteiger partial charge in [0.15, 0.2) is 5.96 Å². The molecule has 20 heavy (non-hydrogen) atoms. The Labute approximate surface area is 118 Å². The van der Waals surface area contributed by atoms with Gasteiger partial charge in [-0.3, -0.25) is 9.98 Å². The fraction of sp³-hybridized carbons (Fsp3) is 0.357. The molecule has 0 spiro atoms. The average molecular weight is 272 g/mol. The van der Waals surface area contributed by atoms with Gasteiger partial charge in [-0.2, -0.15) is 4.99 Å². The molecule has 0 aliphatic heterocycles. The Kier molecular flexibility index (Phi) is 4.34. The summed E-state index contributed by atoms with van der Waals surface area (Å²) >= 11 is 0. The van der Waals surface area contributed by atoms with Crippen LogP contribution in [0.1, 0.15) is 17.7 Å². The van der Waals surface area contributed by atoms with E-state index in [-0.39, 0.29) is 5.96 Å². The number of fused-ring (bicyclic) bond motifs is 1. The van der Waals surface area contributed by atoms with Crippen molar-refractivity contribution in [2.24, 2.45) is 21.5 Å². The predicted molar refractivity (Wildman–Crippen MR) is 82.3 cm³/mol. The summed E-state index contributed by atoms with van der Waals surface area (Å²) in [5, 5.41) is 0. The molecule has 1 heterocycles. The lowest BCUT2D eigenvalue weighted by atomic mass is 10.1. The van der Waals surface area contributed by atoms with Gasteiger partial charge in [-0.05, 0) is 23.6 Å². The molecule has 0 fully saturated rings. The number of aliphatic imine (C=N–C) groups is 2. The van der Waals surface area contributed by atoms with Crippen LogP contribution in [0.2, 0.25) is 0 Å². The van der Waals surface area contributed by atoms with Crippen molar-refractivity contribution in [1.82, 2.24) is 9.88 Å². The van der Waals surface area contributed by atoms with E-state index in [1.165, 1.54) is 11.1 Å². The minimum absolute atomic E-state index is 0.209. The molecule has 0 saturated heterocycles. The molecule has 2 rings (SSSR count). The molecule has 1 aromatic heterocycles. The molecule has 0 radical (unpaired) electrons. The van der Waals surface area contributed by atoms with E-state index >= 15 is 0 Å². The van der Waals surface area contributed by atoms with E-state index in [2.05, 4.69) is 27.1 Å². The molecular formula is C14H20N6. The summed E-state index contributed by atoms with van der Waals surface area (Å²) in [6, 6.07) is 4.05. The Balaban J connectivity index is 1.93. The highest BCUT2D eigenvalue weighted by molar-refractivity contribution is 5.93. The van der Waals surface area contributed by atoms with Gasteiger partial charge in [0.05, 0.1) is 5.69 Å². The van der Waals surface area contributed by atoms with Gasteiger partial charge in [-0.15, -0.1) is 0 Å². The fourth-order valence-electron chi connectivity index (χ4n) is 2.00. The maximum absolute atomic E-state index is 5.72. The van der Waals surface area contributed by atoms with Crippen molar-refractivity contribution in [1.29, 1.82) is 0 Å². The SMILES string of the molecule is CN(C)C(N)=NC(N)=NCCC1=CCc2ncccc21. The molecule has 6 nitrogen and oxygen atoms in total. The van der Waals surface area contributed by atoms with E-state index in [0.29, 0.717) is 12.5 Å². The molecule has 106 valence electrons. The fourth-order valence-corrected chi connectivity index (χ4v) is 2.00. The monoisotopic (exact) mass is 272 g/mol. The van der Waals surface area contributed by atoms with Gasteiger partial charge in [0.2, 0.25) is 5.96 Å². The van der Waals surface area contributed by atoms with Crippen molar-refractivity contribution in [2.45, 2.75) is 12.8 Å². The third-order valence-electron chi connectivity index (χ3n) is 3.12. The minimum Gasteiger partial charge on any atom is -0.369 e. The Morgan fingerprint density at radius 1 is 1.40 bits per heavy atom. The van der Waals surface area contributed by atoms with Crippen LogP contribution in [0.5, 0.6) is 0 Å². The third kappa shape index (κ3) is 3.34. The number of rotatable bonds is 3. The molecule has 1 aromatic rings. The molecule has 1 aliphatic carbocycles. The number of nitrogens with zero attached hydrogens (tertiary/aromatic N) is 4. The van der Waals surface area contributed by atoms with Gasteiger partial charge >= 0.3 is 0 Å². The zero-order chi connectivity index (χ0) is 14.5. The van der Waals surface area contributed by atoms with E-state index in [1.807, 2.05) is 12.3 Å². The molecule has 4 N–H and O–H groups in total. The van der Waals surface area contributed by atoms with Crippen LogP contribution in [0.15, 0.2) is 34.4 Å². The molecule has 0 bridgehead atoms. The number of guanidine groups is 2. The quantitative estimate of drug-likeness (QED) is 0.622. The molecule has 0 saturated carbocycles. The third-order valence-corrected chi connectivity index (χ3v) is 3.12. The van der Waals surface area contributed by atoms with Gasteiger partial charge in [0, 0.05) is 33.3 Å². The lowest BCUT2D eigenvalue weighted by Crippen LogP contribution is -2.32. The predicted octanol–water partition coefficient (Wildman–Crippen LogP) is 0.602. The molecular weight excluding hydrogens is 252 g/mol. The van der Waals surface area contributed by atoms with Gasteiger partial charge in [-0.1, -0.05) is 12.1 Å². The lowest BCUT2D eigenvalue weighted by Gasteiger charge is -2.09. The van der Waals surface area contributed by atoms with Crippen LogP contribution in [0.25, 0.3) is 5.57 Å². The highest BCUT2D eigenvalue weighted by Crippen LogP contribution is 2.27. The van der Waals surface area contributed by atoms with E-state index in [1.54, 1.807) is 19.0 Å². The summed E-state index contributed by atoms with van der Waals surface area (Å²) in [6.45, 7) is 0.593. The standard InChI is InChI=1S/C14H20N6/c1-20(2)14(16)19-13(15)18-9-7-10-5-6-12-11(10)4-3-8-17-12/h3-5,8H,6-7,9H2,1-2H3,(H4,15,16,18,19). The minimum atomic E-state index is 0.209. The lowest BCUT2D eigenvalue weighted by molar-refractivity contribution is 0.615. The number of aromatic nitrogens is 1. The van der Waals surface area contributed by atoms with Crippen LogP contribution in [-0.4, -0.2) is 42.4 Å². The first-order chi connectivity index (χ1) is 9.58. The van der Waals surface area contributed by atoms with Crippen molar-refractivity contribution in [3.8, 4) is 0 Å². The molecule has 1 aliphatic rings. The van der Waals surface area contributed by atoms with Gasteiger partial charge in [-0.25, -0.2) is 0 Å². The second kappa shape index (κ2) is 6.18. The van der Waals surface area contributed by atoms with Gasteiger partial charge in [0.1, 0.15) is 0 Å². The number of pyridine rings is 1. The normalized spacial score (nSPS) is 15.0. The first kappa shape index (κ1) is 14.0. The first-order valence-corrected chi connectivity index (χ1v) is 6.52. The number of hydrogen-bond acceptors (Lipinski definition) is 2. The van der Waals surface area contributed by atoms with Crippen molar-refractivity contribution in [2.75, 3.05) is 20.6 Å². The molecule has 0 unspecified atom stereocenters. The number of hydrogen-bond donors (Lipinski definition) is 2. The summed E-state index contributed by atoms with van der Waals surface area (Å²) in [4.78, 5) is 14.3. The largest absolute Gasteiger partial charge is 0.369 e. The molecule has 6 heteroatoms. The molecule has 0 aromatic carbocycles. The Morgan fingerprint density at radius 3 is 2.95 bits per heavy atom. The zero-order valence-corrected chi connectivity index (χ0v) is 11.9. The molecule has 0 amide bonds. The topological polar surface area (TPSA) is 92.9 Å². The smallest absolute Gasteiger partial charge is 0.218 e. The first-order valence-electron chi connectivity index (χ1n) is 6.52. The number of allylic oxidation sites excluding steroid dienone is 1. The van der Waals surface area contributed by atoms with Crippen LogP contribution >= 0.6 is 0 Å². The van der Waals surface area contributed by atoms with Gasteiger partial charge < -0.3 is 16.4 Å². The Morgan fingerprint density at radius 2 is 2.20 bits per heavy atom. The van der Waals surface area contributed by atoms with E-state index < -0.39 is 0 Å². The van der Waals surface area contributed by atoms with Crippen LogP contribution in [0.3, 0.4) is 0 Å². The second-order valence-corrected chi connectivity index (χ2v) is 4.79. The average Bonchev–Trinajstić information content (AvgIpc) is 2.82. The maximum Gasteiger partial charge on any atom is 0.218 e. The van der Waals surface area contributed by atoms with Crippen LogP contribution in [0.4, 0.5) is 0 Å². The summed E-state index contributed by atoms with van der Waals surface area (Å²) in [6.07, 6.45) is 5.75. The van der Waals surface area contributed by atoms with E-state index in [4.69, 9.17) is 11.5 Å². The molecule has 0 atom stereocenters. The van der Waals surface area contributed by atoms with E-state index in [9.17, 15) is 0 Å². The highest BCUT2D eigenvalue weighted by atomic mass is 15.2. The summed E-state index contributed by atoms with van der Waals surface area (Å²) < 4.78 is 0. The highest BCUT2D eigenvalue weighted by Gasteiger charge is 2.13. The zero-order valence-electron chi connectivity index (χ0n) is 11.9. The van der Waals surface area contributed by atoms with Crippen LogP contribution < -0.4 is 11.5 Å². The van der Waals surface area contributed by atoms with Crippen LogP contribution in [-0.2, 0) is 6.42 Å². The second-order valence-electron chi connectivity index (χ2n) is 4.79. The summed E-state index contributed by atoms with van der Waals surface area (Å²) in [7, 11) is 3.61. The summed E-state index contributed by atoms with van der Waals surface area (Å²) in [5.74, 6) is 0.557. The van der Waals surface area contributed by atoms with Crippen molar-refractivity contribution in [3.63, 3.8) is 0 Å². The number of nitrogens with two attached hydrogens (primary N) is 2. The summed E-state index contributed by atoms with van der Waals surface area (Å²) in [5.41, 5.74) is 15.0. The Hall–Kier alpha value is -2.37. The van der Waals surface area contributed by atoms with Crippen molar-refractivity contribution in [3.05, 3.63) is 35.7 Å². The van der Waals surface area contributed by atoms with Crippen molar-refractivity contribution >= 4 is 17.5 Å². The maximum atomic E-state index is 5.72.